The highest BCUT2D eigenvalue weighted by Crippen LogP contribution is 2.26. The van der Waals surface area contributed by atoms with E-state index in [0.29, 0.717) is 67.3 Å². The largest absolute Gasteiger partial charge is 0.484 e. The number of halogens is 3. The van der Waals surface area contributed by atoms with Gasteiger partial charge >= 0.3 is 0 Å². The minimum atomic E-state index is -2.72. The second-order valence-corrected chi connectivity index (χ2v) is 8.93. The number of morpholine rings is 1. The Hall–Kier alpha value is -3.41. The van der Waals surface area contributed by atoms with Crippen molar-refractivity contribution in [2.75, 3.05) is 32.9 Å². The van der Waals surface area contributed by atoms with Crippen LogP contribution in [0.25, 0.3) is 11.0 Å². The number of amides is 1. The number of rotatable bonds is 7. The highest BCUT2D eigenvalue weighted by Gasteiger charge is 2.24. The number of fused-ring (bicyclic) bond motifs is 2. The molecular weight excluding hydrogens is 479 g/mol. The lowest BCUT2D eigenvalue weighted by Gasteiger charge is -2.27. The molecule has 0 unspecified atom stereocenters. The number of ether oxygens (including phenoxy) is 2. The van der Waals surface area contributed by atoms with Crippen molar-refractivity contribution >= 4 is 16.9 Å². The molecule has 1 fully saturated rings. The molecule has 0 bridgehead atoms. The van der Waals surface area contributed by atoms with Crippen LogP contribution in [0.2, 0.25) is 0 Å². The zero-order valence-corrected chi connectivity index (χ0v) is 19.6. The van der Waals surface area contributed by atoms with Crippen molar-refractivity contribution in [2.24, 2.45) is 0 Å². The molecule has 1 aliphatic heterocycles. The van der Waals surface area contributed by atoms with Crippen LogP contribution in [-0.4, -0.2) is 69.9 Å². The van der Waals surface area contributed by atoms with Crippen molar-refractivity contribution in [2.45, 2.75) is 45.1 Å². The molecule has 0 spiro atoms. The SMILES string of the molecule is O=C(Cn1nc(Cc2nc3cc(OCC(F)F)c(F)cc3[nH]2)c2c(c1=O)CCCC2)N1CCOCC1. The molecule has 36 heavy (non-hydrogen) atoms. The highest BCUT2D eigenvalue weighted by atomic mass is 19.3. The van der Waals surface area contributed by atoms with Crippen molar-refractivity contribution in [1.29, 1.82) is 0 Å². The third-order valence-electron chi connectivity index (χ3n) is 6.48. The third kappa shape index (κ3) is 5.08. The van der Waals surface area contributed by atoms with E-state index in [-0.39, 0.29) is 30.2 Å². The first-order chi connectivity index (χ1) is 17.4. The molecule has 0 saturated carbocycles. The predicted octanol–water partition coefficient (Wildman–Crippen LogP) is 2.23. The summed E-state index contributed by atoms with van der Waals surface area (Å²) in [5, 5.41) is 4.55. The van der Waals surface area contributed by atoms with Crippen LogP contribution in [0.4, 0.5) is 13.2 Å². The van der Waals surface area contributed by atoms with E-state index < -0.39 is 18.8 Å². The van der Waals surface area contributed by atoms with Gasteiger partial charge < -0.3 is 19.4 Å². The summed E-state index contributed by atoms with van der Waals surface area (Å²) in [5.41, 5.74) is 2.67. The van der Waals surface area contributed by atoms with Gasteiger partial charge in [-0.3, -0.25) is 9.59 Å². The maximum Gasteiger partial charge on any atom is 0.272 e. The van der Waals surface area contributed by atoms with Crippen LogP contribution in [0.15, 0.2) is 16.9 Å². The maximum absolute atomic E-state index is 14.3. The molecule has 5 rings (SSSR count). The molecule has 1 aromatic carbocycles. The fourth-order valence-corrected chi connectivity index (χ4v) is 4.73. The number of benzene rings is 1. The second kappa shape index (κ2) is 10.3. The van der Waals surface area contributed by atoms with Crippen LogP contribution in [-0.2, 0) is 35.3 Å². The topological polar surface area (TPSA) is 102 Å². The number of carbonyl (C=O) groups is 1. The molecule has 1 amide bonds. The number of nitrogens with one attached hydrogen (secondary N) is 1. The Balaban J connectivity index is 1.44. The summed E-state index contributed by atoms with van der Waals surface area (Å²) in [6, 6.07) is 2.43. The zero-order chi connectivity index (χ0) is 25.2. The number of aromatic amines is 1. The van der Waals surface area contributed by atoms with Gasteiger partial charge in [0.15, 0.2) is 11.6 Å². The minimum Gasteiger partial charge on any atom is -0.484 e. The van der Waals surface area contributed by atoms with Crippen LogP contribution in [0, 0.1) is 5.82 Å². The van der Waals surface area contributed by atoms with E-state index in [1.807, 2.05) is 0 Å². The molecule has 192 valence electrons. The van der Waals surface area contributed by atoms with Crippen LogP contribution >= 0.6 is 0 Å². The van der Waals surface area contributed by atoms with Gasteiger partial charge in [0.25, 0.3) is 12.0 Å². The summed E-state index contributed by atoms with van der Waals surface area (Å²) < 4.78 is 50.6. The number of aromatic nitrogens is 4. The average Bonchev–Trinajstić information content (AvgIpc) is 3.26. The molecule has 2 aromatic heterocycles. The van der Waals surface area contributed by atoms with Crippen molar-refractivity contribution < 1.29 is 27.4 Å². The lowest BCUT2D eigenvalue weighted by atomic mass is 9.91. The number of nitrogens with zero attached hydrogens (tertiary/aromatic N) is 4. The average molecular weight is 505 g/mol. The predicted molar refractivity (Wildman–Crippen MR) is 123 cm³/mol. The Bertz CT molecular complexity index is 1330. The standard InChI is InChI=1S/C24H26F3N5O4/c25-16-9-18-19(10-20(16)36-13-21(26)27)29-22(28-18)11-17-14-3-1-2-4-15(14)24(34)32(30-17)12-23(33)31-5-7-35-8-6-31/h9-10,21H,1-8,11-13H2,(H,28,29). The van der Waals surface area contributed by atoms with Crippen LogP contribution in [0.1, 0.15) is 35.5 Å². The summed E-state index contributed by atoms with van der Waals surface area (Å²) in [7, 11) is 0. The van der Waals surface area contributed by atoms with Gasteiger partial charge in [-0.2, -0.15) is 5.10 Å². The molecule has 2 aliphatic rings. The summed E-state index contributed by atoms with van der Waals surface area (Å²) in [6.07, 6.45) is 0.635. The molecule has 1 saturated heterocycles. The first kappa shape index (κ1) is 24.3. The molecule has 0 atom stereocenters. The molecular formula is C24H26F3N5O4. The van der Waals surface area contributed by atoms with Crippen LogP contribution in [0.3, 0.4) is 0 Å². The Morgan fingerprint density at radius 1 is 1.17 bits per heavy atom. The van der Waals surface area contributed by atoms with Crippen molar-refractivity contribution in [3.05, 3.63) is 50.9 Å². The Morgan fingerprint density at radius 3 is 2.67 bits per heavy atom. The molecule has 12 heteroatoms. The van der Waals surface area contributed by atoms with E-state index in [0.717, 1.165) is 24.5 Å². The van der Waals surface area contributed by atoms with Gasteiger partial charge in [-0.05, 0) is 31.2 Å². The molecule has 9 nitrogen and oxygen atoms in total. The molecule has 1 N–H and O–H groups in total. The van der Waals surface area contributed by atoms with E-state index in [2.05, 4.69) is 15.1 Å². The van der Waals surface area contributed by atoms with Crippen LogP contribution in [0.5, 0.6) is 5.75 Å². The van der Waals surface area contributed by atoms with Crippen molar-refractivity contribution in [3.8, 4) is 5.75 Å². The number of hydrogen-bond donors (Lipinski definition) is 1. The molecule has 3 aromatic rings. The van der Waals surface area contributed by atoms with Gasteiger partial charge in [-0.1, -0.05) is 0 Å². The van der Waals surface area contributed by atoms with Crippen molar-refractivity contribution in [1.82, 2.24) is 24.6 Å². The first-order valence-electron chi connectivity index (χ1n) is 12.0. The molecule has 3 heterocycles. The van der Waals surface area contributed by atoms with E-state index in [1.54, 1.807) is 4.90 Å². The normalized spacial score (nSPS) is 15.9. The van der Waals surface area contributed by atoms with Gasteiger partial charge in [0.05, 0.1) is 36.4 Å². The van der Waals surface area contributed by atoms with Gasteiger partial charge in [0, 0.05) is 30.8 Å². The summed E-state index contributed by atoms with van der Waals surface area (Å²) in [6.45, 7) is 0.805. The molecule has 0 radical (unpaired) electrons. The number of alkyl halides is 2. The van der Waals surface area contributed by atoms with Crippen molar-refractivity contribution in [3.63, 3.8) is 0 Å². The monoisotopic (exact) mass is 505 g/mol. The number of carbonyl (C=O) groups excluding carboxylic acids is 1. The fourth-order valence-electron chi connectivity index (χ4n) is 4.73. The Morgan fingerprint density at radius 2 is 1.92 bits per heavy atom. The van der Waals surface area contributed by atoms with Gasteiger partial charge in [-0.25, -0.2) is 22.8 Å². The maximum atomic E-state index is 14.3. The minimum absolute atomic E-state index is 0.157. The Kier molecular flexibility index (Phi) is 6.95. The summed E-state index contributed by atoms with van der Waals surface area (Å²) >= 11 is 0. The Labute approximate surface area is 204 Å². The van der Waals surface area contributed by atoms with Gasteiger partial charge in [-0.15, -0.1) is 0 Å². The van der Waals surface area contributed by atoms with Gasteiger partial charge in [0.1, 0.15) is 19.0 Å². The number of imidazole rings is 1. The molecule has 1 aliphatic carbocycles. The van der Waals surface area contributed by atoms with E-state index in [4.69, 9.17) is 9.47 Å². The highest BCUT2D eigenvalue weighted by molar-refractivity contribution is 5.77. The van der Waals surface area contributed by atoms with E-state index in [9.17, 15) is 22.8 Å². The lowest BCUT2D eigenvalue weighted by Crippen LogP contribution is -2.44. The van der Waals surface area contributed by atoms with Gasteiger partial charge in [0.2, 0.25) is 5.91 Å². The summed E-state index contributed by atoms with van der Waals surface area (Å²) in [5.74, 6) is -0.791. The van der Waals surface area contributed by atoms with E-state index >= 15 is 0 Å². The fraction of sp³-hybridized carbons (Fsp3) is 0.500. The number of H-pyrrole nitrogens is 1. The quantitative estimate of drug-likeness (QED) is 0.529. The van der Waals surface area contributed by atoms with E-state index in [1.165, 1.54) is 10.7 Å². The smallest absolute Gasteiger partial charge is 0.272 e. The summed E-state index contributed by atoms with van der Waals surface area (Å²) in [4.78, 5) is 35.1. The zero-order valence-electron chi connectivity index (χ0n) is 19.6. The second-order valence-electron chi connectivity index (χ2n) is 8.93. The van der Waals surface area contributed by atoms with Crippen LogP contribution < -0.4 is 10.3 Å². The third-order valence-corrected chi connectivity index (χ3v) is 6.48. The lowest BCUT2D eigenvalue weighted by molar-refractivity contribution is -0.136. The number of hydrogen-bond acceptors (Lipinski definition) is 6. The first-order valence-corrected chi connectivity index (χ1v) is 12.0.